The molecule has 0 saturated carbocycles. The zero-order valence-electron chi connectivity index (χ0n) is 12.3. The van der Waals surface area contributed by atoms with Gasteiger partial charge in [0.1, 0.15) is 5.82 Å². The van der Waals surface area contributed by atoms with Gasteiger partial charge in [-0.1, -0.05) is 18.2 Å². The molecule has 1 N–H and O–H groups in total. The van der Waals surface area contributed by atoms with Crippen molar-refractivity contribution in [3.05, 3.63) is 52.8 Å². The van der Waals surface area contributed by atoms with E-state index in [1.165, 1.54) is 18.1 Å². The molecule has 2 aromatic carbocycles. The van der Waals surface area contributed by atoms with Gasteiger partial charge in [-0.15, -0.1) is 0 Å². The molecule has 2 nitrogen and oxygen atoms in total. The number of carbonyl (C=O) groups is 1. The molecule has 0 aliphatic heterocycles. The lowest BCUT2D eigenvalue weighted by atomic mass is 9.95. The van der Waals surface area contributed by atoms with E-state index in [-0.39, 0.29) is 11.7 Å². The van der Waals surface area contributed by atoms with Crippen molar-refractivity contribution in [1.29, 1.82) is 0 Å². The van der Waals surface area contributed by atoms with Crippen LogP contribution in [0, 0.1) is 12.7 Å². The van der Waals surface area contributed by atoms with Crippen LogP contribution in [0.15, 0.2) is 30.3 Å². The lowest BCUT2D eigenvalue weighted by molar-refractivity contribution is -0.114. The molecule has 0 unspecified atom stereocenters. The first kappa shape index (κ1) is 13.8. The first-order valence-corrected chi connectivity index (χ1v) is 7.25. The summed E-state index contributed by atoms with van der Waals surface area (Å²) in [5.41, 5.74) is 5.98. The molecular formula is C18H18FNO. The Morgan fingerprint density at radius 2 is 1.90 bits per heavy atom. The summed E-state index contributed by atoms with van der Waals surface area (Å²) < 4.78 is 13.8. The van der Waals surface area contributed by atoms with Crippen molar-refractivity contribution in [3.8, 4) is 11.1 Å². The Balaban J connectivity index is 2.10. The predicted octanol–water partition coefficient (Wildman–Crippen LogP) is 4.25. The third-order valence-corrected chi connectivity index (χ3v) is 4.08. The van der Waals surface area contributed by atoms with Crippen molar-refractivity contribution in [2.24, 2.45) is 0 Å². The van der Waals surface area contributed by atoms with E-state index in [2.05, 4.69) is 5.32 Å². The van der Waals surface area contributed by atoms with Crippen molar-refractivity contribution in [2.75, 3.05) is 5.32 Å². The topological polar surface area (TPSA) is 29.1 Å². The molecule has 0 atom stereocenters. The Morgan fingerprint density at radius 1 is 1.14 bits per heavy atom. The van der Waals surface area contributed by atoms with Gasteiger partial charge in [0.25, 0.3) is 0 Å². The first-order valence-electron chi connectivity index (χ1n) is 7.25. The molecule has 108 valence electrons. The predicted molar refractivity (Wildman–Crippen MR) is 82.9 cm³/mol. The molecule has 3 rings (SSSR count). The van der Waals surface area contributed by atoms with Crippen LogP contribution < -0.4 is 5.32 Å². The van der Waals surface area contributed by atoms with E-state index in [1.807, 2.05) is 24.3 Å². The van der Waals surface area contributed by atoms with E-state index in [1.54, 1.807) is 13.0 Å². The molecule has 0 spiro atoms. The van der Waals surface area contributed by atoms with Gasteiger partial charge in [0.05, 0.1) is 0 Å². The van der Waals surface area contributed by atoms with Crippen LogP contribution in [0.2, 0.25) is 0 Å². The van der Waals surface area contributed by atoms with Crippen LogP contribution in [0.5, 0.6) is 0 Å². The molecular weight excluding hydrogens is 265 g/mol. The standard InChI is InChI=1S/C18H18FNO/c1-11-6-7-13(10-17(11)19)14-8-9-18(20-12(2)21)16-5-3-4-15(14)16/h6-10H,3-5H2,1-2H3,(H,20,21). The van der Waals surface area contributed by atoms with Crippen LogP contribution >= 0.6 is 0 Å². The van der Waals surface area contributed by atoms with Crippen molar-refractivity contribution in [2.45, 2.75) is 33.1 Å². The van der Waals surface area contributed by atoms with Gasteiger partial charge in [-0.05, 0) is 66.1 Å². The van der Waals surface area contributed by atoms with E-state index < -0.39 is 0 Å². The second kappa shape index (κ2) is 5.32. The maximum atomic E-state index is 13.8. The Morgan fingerprint density at radius 3 is 2.62 bits per heavy atom. The van der Waals surface area contributed by atoms with Crippen LogP contribution in [0.4, 0.5) is 10.1 Å². The Labute approximate surface area is 124 Å². The van der Waals surface area contributed by atoms with E-state index in [0.29, 0.717) is 5.56 Å². The van der Waals surface area contributed by atoms with Gasteiger partial charge in [0.2, 0.25) is 5.91 Å². The summed E-state index contributed by atoms with van der Waals surface area (Å²) in [6.45, 7) is 3.29. The molecule has 3 heteroatoms. The van der Waals surface area contributed by atoms with Crippen molar-refractivity contribution < 1.29 is 9.18 Å². The van der Waals surface area contributed by atoms with Gasteiger partial charge >= 0.3 is 0 Å². The highest BCUT2D eigenvalue weighted by Crippen LogP contribution is 2.37. The number of carbonyl (C=O) groups excluding carboxylic acids is 1. The number of benzene rings is 2. The number of amides is 1. The summed E-state index contributed by atoms with van der Waals surface area (Å²) in [5.74, 6) is -0.233. The number of nitrogens with one attached hydrogen (secondary N) is 1. The Kier molecular flexibility index (Phi) is 3.50. The number of anilines is 1. The van der Waals surface area contributed by atoms with E-state index in [9.17, 15) is 9.18 Å². The number of hydrogen-bond donors (Lipinski definition) is 1. The Hall–Kier alpha value is -2.16. The normalized spacial score (nSPS) is 13.1. The summed E-state index contributed by atoms with van der Waals surface area (Å²) in [6.07, 6.45) is 3.02. The highest BCUT2D eigenvalue weighted by atomic mass is 19.1. The minimum atomic E-state index is -0.176. The molecule has 2 aromatic rings. The van der Waals surface area contributed by atoms with Gasteiger partial charge < -0.3 is 5.32 Å². The summed E-state index contributed by atoms with van der Waals surface area (Å²) in [4.78, 5) is 11.3. The molecule has 0 aromatic heterocycles. The fourth-order valence-electron chi connectivity index (χ4n) is 3.04. The quantitative estimate of drug-likeness (QED) is 0.877. The number of halogens is 1. The zero-order chi connectivity index (χ0) is 15.0. The largest absolute Gasteiger partial charge is 0.326 e. The lowest BCUT2D eigenvalue weighted by Crippen LogP contribution is -2.08. The molecule has 1 amide bonds. The molecule has 1 aliphatic carbocycles. The maximum Gasteiger partial charge on any atom is 0.221 e. The minimum Gasteiger partial charge on any atom is -0.326 e. The smallest absolute Gasteiger partial charge is 0.221 e. The average Bonchev–Trinajstić information content (AvgIpc) is 2.91. The SMILES string of the molecule is CC(=O)Nc1ccc(-c2ccc(C)c(F)c2)c2c1CCC2. The lowest BCUT2D eigenvalue weighted by Gasteiger charge is -2.14. The Bertz CT molecular complexity index is 721. The van der Waals surface area contributed by atoms with Gasteiger partial charge in [-0.3, -0.25) is 4.79 Å². The van der Waals surface area contributed by atoms with Crippen LogP contribution in [0.25, 0.3) is 11.1 Å². The molecule has 0 bridgehead atoms. The fourth-order valence-corrected chi connectivity index (χ4v) is 3.04. The van der Waals surface area contributed by atoms with Crippen molar-refractivity contribution in [3.63, 3.8) is 0 Å². The van der Waals surface area contributed by atoms with Crippen LogP contribution in [0.3, 0.4) is 0 Å². The number of hydrogen-bond acceptors (Lipinski definition) is 1. The maximum absolute atomic E-state index is 13.8. The molecule has 1 aliphatic rings. The molecule has 21 heavy (non-hydrogen) atoms. The number of aryl methyl sites for hydroxylation is 1. The van der Waals surface area contributed by atoms with Crippen molar-refractivity contribution in [1.82, 2.24) is 0 Å². The van der Waals surface area contributed by atoms with Gasteiger partial charge in [0.15, 0.2) is 0 Å². The third kappa shape index (κ3) is 2.56. The van der Waals surface area contributed by atoms with Crippen LogP contribution in [0.1, 0.15) is 30.0 Å². The van der Waals surface area contributed by atoms with Crippen LogP contribution in [-0.2, 0) is 17.6 Å². The van der Waals surface area contributed by atoms with E-state index in [0.717, 1.165) is 36.1 Å². The van der Waals surface area contributed by atoms with Crippen molar-refractivity contribution >= 4 is 11.6 Å². The number of rotatable bonds is 2. The second-order valence-electron chi connectivity index (χ2n) is 5.62. The monoisotopic (exact) mass is 283 g/mol. The number of fused-ring (bicyclic) bond motifs is 1. The summed E-state index contributed by atoms with van der Waals surface area (Å²) in [6, 6.07) is 9.29. The second-order valence-corrected chi connectivity index (χ2v) is 5.62. The molecule has 0 fully saturated rings. The van der Waals surface area contributed by atoms with Gasteiger partial charge in [0, 0.05) is 12.6 Å². The highest BCUT2D eigenvalue weighted by Gasteiger charge is 2.20. The highest BCUT2D eigenvalue weighted by molar-refractivity contribution is 5.91. The van der Waals surface area contributed by atoms with Gasteiger partial charge in [-0.25, -0.2) is 4.39 Å². The summed E-state index contributed by atoms with van der Waals surface area (Å²) in [7, 11) is 0. The summed E-state index contributed by atoms with van der Waals surface area (Å²) in [5, 5.41) is 2.89. The van der Waals surface area contributed by atoms with E-state index in [4.69, 9.17) is 0 Å². The molecule has 0 heterocycles. The van der Waals surface area contributed by atoms with Crippen LogP contribution in [-0.4, -0.2) is 5.91 Å². The fraction of sp³-hybridized carbons (Fsp3) is 0.278. The van der Waals surface area contributed by atoms with Gasteiger partial charge in [-0.2, -0.15) is 0 Å². The first-order chi connectivity index (χ1) is 10.1. The molecule has 0 radical (unpaired) electrons. The zero-order valence-corrected chi connectivity index (χ0v) is 12.3. The minimum absolute atomic E-state index is 0.0572. The third-order valence-electron chi connectivity index (χ3n) is 4.08. The molecule has 0 saturated heterocycles. The summed E-state index contributed by atoms with van der Waals surface area (Å²) >= 11 is 0. The van der Waals surface area contributed by atoms with E-state index >= 15 is 0 Å². The average molecular weight is 283 g/mol.